The van der Waals surface area contributed by atoms with E-state index in [1.165, 1.54) is 0 Å². The van der Waals surface area contributed by atoms with Crippen LogP contribution in [0.25, 0.3) is 0 Å². The molecular formula is C17H13ClFeO-6. The Morgan fingerprint density at radius 1 is 0.900 bits per heavy atom. The predicted octanol–water partition coefficient (Wildman–Crippen LogP) is 4.69. The second-order valence-corrected chi connectivity index (χ2v) is 4.35. The van der Waals surface area contributed by atoms with Gasteiger partial charge in [-0.15, -0.1) is 17.7 Å². The molecule has 108 valence electrons. The molecule has 1 nitrogen and oxygen atoms in total. The molecule has 0 radical (unpaired) electrons. The average molecular weight is 325 g/mol. The van der Waals surface area contributed by atoms with Gasteiger partial charge in [-0.3, -0.25) is 0 Å². The van der Waals surface area contributed by atoms with Crippen molar-refractivity contribution >= 4 is 17.4 Å². The second kappa shape index (κ2) is 8.55. The summed E-state index contributed by atoms with van der Waals surface area (Å²) in [5, 5.41) is 0.513. The number of halogens is 1. The van der Waals surface area contributed by atoms with Gasteiger partial charge in [0.25, 0.3) is 0 Å². The van der Waals surface area contributed by atoms with Crippen LogP contribution in [-0.4, -0.2) is 5.78 Å². The third-order valence-electron chi connectivity index (χ3n) is 2.60. The third-order valence-corrected chi connectivity index (χ3v) is 2.93. The van der Waals surface area contributed by atoms with E-state index in [4.69, 9.17) is 11.6 Å². The Balaban J connectivity index is 0.000000283. The van der Waals surface area contributed by atoms with Gasteiger partial charge in [-0.1, -0.05) is 41.5 Å². The van der Waals surface area contributed by atoms with Crippen molar-refractivity contribution in [3.8, 4) is 0 Å². The maximum Gasteiger partial charge on any atom is 0.114 e. The standard InChI is InChI=1S/C12H8ClO.C5H5.Fe/c13-11-8-4-7-10(11)12(14)9-5-2-1-3-6-9;1-2-4-5-3-1;/h1-8H;1-5H;/q-1;-5;. The van der Waals surface area contributed by atoms with E-state index < -0.39 is 0 Å². The number of benzene rings is 1. The SMILES string of the molecule is O=C(c1ccccc1)[c-]1cccc1Cl.[Fe].[cH-]1[cH-][cH-][cH-][cH-]1. The van der Waals surface area contributed by atoms with Crippen LogP contribution in [0.1, 0.15) is 15.9 Å². The first-order chi connectivity index (χ1) is 9.29. The van der Waals surface area contributed by atoms with E-state index in [0.29, 0.717) is 16.1 Å². The van der Waals surface area contributed by atoms with Crippen molar-refractivity contribution in [2.24, 2.45) is 0 Å². The number of carbonyl (C=O) groups is 1. The largest absolute Gasteiger partial charge is 0.748 e. The molecule has 0 atom stereocenters. The summed E-state index contributed by atoms with van der Waals surface area (Å²) in [5.74, 6) is -0.0272. The average Bonchev–Trinajstić information content (AvgIpc) is 3.13. The molecule has 20 heavy (non-hydrogen) atoms. The van der Waals surface area contributed by atoms with Crippen LogP contribution in [0.2, 0.25) is 5.02 Å². The van der Waals surface area contributed by atoms with E-state index in [1.54, 1.807) is 30.3 Å². The number of hydrogen-bond acceptors (Lipinski definition) is 1. The molecule has 3 aromatic rings. The van der Waals surface area contributed by atoms with Crippen molar-refractivity contribution in [1.29, 1.82) is 0 Å². The Kier molecular flexibility index (Phi) is 7.03. The molecule has 0 amide bonds. The number of ketones is 1. The number of carbonyl (C=O) groups excluding carboxylic acids is 1. The van der Waals surface area contributed by atoms with Gasteiger partial charge in [0.1, 0.15) is 5.78 Å². The molecule has 0 saturated carbocycles. The monoisotopic (exact) mass is 324 g/mol. The van der Waals surface area contributed by atoms with Crippen molar-refractivity contribution in [3.63, 3.8) is 0 Å². The Morgan fingerprint density at radius 2 is 1.45 bits per heavy atom. The summed E-state index contributed by atoms with van der Waals surface area (Å²) in [6.45, 7) is 0. The van der Waals surface area contributed by atoms with E-state index in [2.05, 4.69) is 0 Å². The van der Waals surface area contributed by atoms with Crippen LogP contribution in [0.4, 0.5) is 0 Å². The first-order valence-electron chi connectivity index (χ1n) is 5.96. The molecule has 0 spiro atoms. The minimum Gasteiger partial charge on any atom is -0.748 e. The van der Waals surface area contributed by atoms with Gasteiger partial charge in [0, 0.05) is 17.1 Å². The Hall–Kier alpha value is -1.60. The first-order valence-corrected chi connectivity index (χ1v) is 6.34. The molecule has 0 saturated heterocycles. The third kappa shape index (κ3) is 4.50. The summed E-state index contributed by atoms with van der Waals surface area (Å²) in [6, 6.07) is 24.3. The molecule has 0 heterocycles. The van der Waals surface area contributed by atoms with Gasteiger partial charge in [-0.05, 0) is 5.02 Å². The molecule has 0 bridgehead atoms. The van der Waals surface area contributed by atoms with Crippen molar-refractivity contribution in [3.05, 3.63) is 95.0 Å². The molecule has 0 aliphatic rings. The topological polar surface area (TPSA) is 17.1 Å². The Bertz CT molecular complexity index is 594. The van der Waals surface area contributed by atoms with Gasteiger partial charge >= 0.3 is 0 Å². The van der Waals surface area contributed by atoms with Crippen LogP contribution in [0.15, 0.2) is 78.9 Å². The summed E-state index contributed by atoms with van der Waals surface area (Å²) in [6.07, 6.45) is 0. The fourth-order valence-electron chi connectivity index (χ4n) is 1.65. The van der Waals surface area contributed by atoms with Crippen LogP contribution in [0, 0.1) is 0 Å². The second-order valence-electron chi connectivity index (χ2n) is 3.94. The zero-order valence-corrected chi connectivity index (χ0v) is 12.5. The predicted molar refractivity (Wildman–Crippen MR) is 79.0 cm³/mol. The van der Waals surface area contributed by atoms with Crippen LogP contribution in [-0.2, 0) is 17.1 Å². The van der Waals surface area contributed by atoms with Crippen molar-refractivity contribution in [2.75, 3.05) is 0 Å². The van der Waals surface area contributed by atoms with Gasteiger partial charge in [-0.25, -0.2) is 0 Å². The Morgan fingerprint density at radius 3 is 1.90 bits per heavy atom. The number of rotatable bonds is 2. The summed E-state index contributed by atoms with van der Waals surface area (Å²) in [5.41, 5.74) is 1.23. The van der Waals surface area contributed by atoms with E-state index in [1.807, 2.05) is 48.5 Å². The van der Waals surface area contributed by atoms with Crippen LogP contribution in [0.5, 0.6) is 0 Å². The molecule has 0 N–H and O–H groups in total. The molecular weight excluding hydrogens is 311 g/mol. The maximum absolute atomic E-state index is 11.8. The molecule has 0 aliphatic carbocycles. The molecule has 0 unspecified atom stereocenters. The van der Waals surface area contributed by atoms with Gasteiger partial charge in [0.2, 0.25) is 0 Å². The fourth-order valence-corrected chi connectivity index (χ4v) is 1.87. The van der Waals surface area contributed by atoms with E-state index in [0.717, 1.165) is 0 Å². The summed E-state index contributed by atoms with van der Waals surface area (Å²) >= 11 is 5.86. The summed E-state index contributed by atoms with van der Waals surface area (Å²) in [7, 11) is 0. The normalized spacial score (nSPS) is 9.05. The van der Waals surface area contributed by atoms with E-state index in [-0.39, 0.29) is 22.9 Å². The molecule has 3 rings (SSSR count). The van der Waals surface area contributed by atoms with Crippen molar-refractivity contribution in [1.82, 2.24) is 0 Å². The van der Waals surface area contributed by atoms with E-state index in [9.17, 15) is 4.79 Å². The van der Waals surface area contributed by atoms with E-state index >= 15 is 0 Å². The van der Waals surface area contributed by atoms with Gasteiger partial charge < -0.3 is 35.1 Å². The van der Waals surface area contributed by atoms with Crippen LogP contribution in [0.3, 0.4) is 0 Å². The molecule has 0 aliphatic heterocycles. The van der Waals surface area contributed by atoms with Crippen molar-refractivity contribution < 1.29 is 21.9 Å². The zero-order chi connectivity index (χ0) is 13.5. The molecule has 3 heteroatoms. The number of hydrogen-bond donors (Lipinski definition) is 0. The minimum atomic E-state index is -0.0272. The van der Waals surface area contributed by atoms with Crippen LogP contribution < -0.4 is 0 Å². The van der Waals surface area contributed by atoms with Gasteiger partial charge in [0.15, 0.2) is 0 Å². The Labute approximate surface area is 134 Å². The zero-order valence-electron chi connectivity index (χ0n) is 10.6. The van der Waals surface area contributed by atoms with Gasteiger partial charge in [0.05, 0.1) is 0 Å². The van der Waals surface area contributed by atoms with Gasteiger partial charge in [-0.2, -0.15) is 12.1 Å². The first kappa shape index (κ1) is 16.5. The molecule has 0 aromatic heterocycles. The smallest absolute Gasteiger partial charge is 0.114 e. The quantitative estimate of drug-likeness (QED) is 0.379. The summed E-state index contributed by atoms with van der Waals surface area (Å²) in [4.78, 5) is 11.8. The summed E-state index contributed by atoms with van der Waals surface area (Å²) < 4.78 is 0. The molecule has 0 fully saturated rings. The fraction of sp³-hybridized carbons (Fsp3) is 0. The molecule has 3 aromatic carbocycles. The van der Waals surface area contributed by atoms with Crippen molar-refractivity contribution in [2.45, 2.75) is 0 Å². The maximum atomic E-state index is 11.8. The van der Waals surface area contributed by atoms with Crippen LogP contribution >= 0.6 is 11.6 Å². The minimum absolute atomic E-state index is 0.